The van der Waals surface area contributed by atoms with E-state index in [1.165, 1.54) is 103 Å². The van der Waals surface area contributed by atoms with Gasteiger partial charge in [-0.25, -0.2) is 0 Å². The van der Waals surface area contributed by atoms with Gasteiger partial charge in [0.25, 0.3) is 0 Å². The molecule has 0 heterocycles. The van der Waals surface area contributed by atoms with Crippen molar-refractivity contribution in [3.05, 3.63) is 105 Å². The summed E-state index contributed by atoms with van der Waals surface area (Å²) in [5.41, 5.74) is 5.48. The number of rotatable bonds is 17. The van der Waals surface area contributed by atoms with Crippen LogP contribution in [0.3, 0.4) is 0 Å². The monoisotopic (exact) mass is 556 g/mol. The van der Waals surface area contributed by atoms with Gasteiger partial charge < -0.3 is 15.9 Å². The Labute approximate surface area is 250 Å². The van der Waals surface area contributed by atoms with Crippen LogP contribution in [0.2, 0.25) is 0 Å². The molecule has 0 aromatic rings. The van der Waals surface area contributed by atoms with Crippen LogP contribution in [0, 0.1) is 0 Å². The highest BCUT2D eigenvalue weighted by molar-refractivity contribution is 4.50. The van der Waals surface area contributed by atoms with Crippen molar-refractivity contribution in [2.45, 2.75) is 110 Å². The summed E-state index contributed by atoms with van der Waals surface area (Å²) in [7, 11) is 0. The Morgan fingerprint density at radius 2 is 0.487 bits per heavy atom. The summed E-state index contributed by atoms with van der Waals surface area (Å²) in [5.74, 6) is 0. The van der Waals surface area contributed by atoms with E-state index in [4.69, 9.17) is 15.9 Å². The van der Waals surface area contributed by atoms with Crippen molar-refractivity contribution in [2.75, 3.05) is 19.8 Å². The molecule has 0 amide bonds. The quantitative estimate of drug-likeness (QED) is 0.123. The van der Waals surface area contributed by atoms with Crippen LogP contribution in [0.15, 0.2) is 105 Å². The van der Waals surface area contributed by atoms with Crippen LogP contribution in [0.5, 0.6) is 0 Å². The lowest BCUT2D eigenvalue weighted by Crippen LogP contribution is -1.97. The zero-order valence-corrected chi connectivity index (χ0v) is 27.2. The second-order valence-electron chi connectivity index (χ2n) is 6.54. The number of aliphatic hydroxyl groups is 2. The summed E-state index contributed by atoms with van der Waals surface area (Å²) in [6.45, 7) is 50.9. The molecule has 3 nitrogen and oxygen atoms in total. The van der Waals surface area contributed by atoms with Gasteiger partial charge in [0.15, 0.2) is 0 Å². The van der Waals surface area contributed by atoms with Crippen LogP contribution in [0.25, 0.3) is 0 Å². The molecule has 4 N–H and O–H groups in total. The van der Waals surface area contributed by atoms with E-state index in [9.17, 15) is 0 Å². The SMILES string of the molecule is C=C.C=C.C=C.C=C.C=C.C=C.C=C.C=C.CCCCCCCCCCCCCCCCCCN.OCCO. The van der Waals surface area contributed by atoms with Crippen molar-refractivity contribution in [3.63, 3.8) is 0 Å². The Kier molecular flexibility index (Phi) is 259. The third-order valence-corrected chi connectivity index (χ3v) is 4.16. The normalized spacial score (nSPS) is 6.97. The molecule has 39 heavy (non-hydrogen) atoms. The van der Waals surface area contributed by atoms with Gasteiger partial charge in [0.1, 0.15) is 0 Å². The van der Waals surface area contributed by atoms with Gasteiger partial charge in [0.2, 0.25) is 0 Å². The molecule has 0 aromatic heterocycles. The van der Waals surface area contributed by atoms with E-state index in [1.807, 2.05) is 0 Å². The molecule has 0 atom stereocenters. The molecule has 0 saturated heterocycles. The van der Waals surface area contributed by atoms with E-state index in [2.05, 4.69) is 112 Å². The smallest absolute Gasteiger partial charge is 0.0662 e. The maximum Gasteiger partial charge on any atom is 0.0662 e. The number of nitrogens with two attached hydrogens (primary N) is 1. The third kappa shape index (κ3) is 187. The molecule has 0 radical (unpaired) electrons. The highest BCUT2D eigenvalue weighted by atomic mass is 16.3. The molecule has 0 aliphatic rings. The van der Waals surface area contributed by atoms with Gasteiger partial charge in [-0.2, -0.15) is 0 Å². The van der Waals surface area contributed by atoms with Crippen LogP contribution in [-0.4, -0.2) is 30.0 Å². The van der Waals surface area contributed by atoms with Crippen molar-refractivity contribution >= 4 is 0 Å². The van der Waals surface area contributed by atoms with Gasteiger partial charge in [-0.1, -0.05) is 103 Å². The second kappa shape index (κ2) is 154. The summed E-state index contributed by atoms with van der Waals surface area (Å²) in [6.07, 6.45) is 22.9. The first-order valence-electron chi connectivity index (χ1n) is 14.2. The Morgan fingerprint density at radius 1 is 0.333 bits per heavy atom. The lowest BCUT2D eigenvalue weighted by atomic mass is 10.0. The molecule has 0 fully saturated rings. The number of hydrogen-bond acceptors (Lipinski definition) is 3. The Bertz CT molecular complexity index is 233. The van der Waals surface area contributed by atoms with Crippen molar-refractivity contribution in [3.8, 4) is 0 Å². The van der Waals surface area contributed by atoms with Gasteiger partial charge in [0, 0.05) is 0 Å². The summed E-state index contributed by atoms with van der Waals surface area (Å²) >= 11 is 0. The summed E-state index contributed by atoms with van der Waals surface area (Å²) in [6, 6.07) is 0. The zero-order valence-electron chi connectivity index (χ0n) is 27.2. The Hall–Kier alpha value is -2.20. The molecule has 3 heteroatoms. The molecule has 0 unspecified atom stereocenters. The minimum atomic E-state index is -0.125. The van der Waals surface area contributed by atoms with Gasteiger partial charge >= 0.3 is 0 Å². The third-order valence-electron chi connectivity index (χ3n) is 4.16. The molecule has 0 rings (SSSR count). The fraction of sp³-hybridized carbons (Fsp3) is 0.556. The predicted octanol–water partition coefficient (Wildman–Crippen LogP) is 11.6. The van der Waals surface area contributed by atoms with E-state index >= 15 is 0 Å². The molecular formula is C36H77NO2. The standard InChI is InChI=1S/C18H39N.C2H6O2.8C2H4/c1-2-3-4-5-6-7-8-9-10-11-12-13-14-15-16-17-18-19;3-1-2-4;8*1-2/h2-19H2,1H3;3-4H,1-2H2;8*1-2H2. The van der Waals surface area contributed by atoms with Gasteiger partial charge in [0.05, 0.1) is 13.2 Å². The molecule has 0 aliphatic heterocycles. The highest BCUT2D eigenvalue weighted by Gasteiger charge is 1.94. The summed E-state index contributed by atoms with van der Waals surface area (Å²) in [4.78, 5) is 0. The van der Waals surface area contributed by atoms with Crippen LogP contribution in [-0.2, 0) is 0 Å². The van der Waals surface area contributed by atoms with Crippen LogP contribution in [0.4, 0.5) is 0 Å². The Balaban J connectivity index is -0.0000000436. The molecule has 0 spiro atoms. The Morgan fingerprint density at radius 3 is 0.615 bits per heavy atom. The van der Waals surface area contributed by atoms with Gasteiger partial charge in [-0.15, -0.1) is 105 Å². The predicted molar refractivity (Wildman–Crippen MR) is 193 cm³/mol. The van der Waals surface area contributed by atoms with Crippen LogP contribution < -0.4 is 5.73 Å². The lowest BCUT2D eigenvalue weighted by Gasteiger charge is -2.03. The number of aliphatic hydroxyl groups excluding tert-OH is 2. The lowest BCUT2D eigenvalue weighted by molar-refractivity contribution is 0.186. The van der Waals surface area contributed by atoms with Crippen molar-refractivity contribution in [2.24, 2.45) is 5.73 Å². The van der Waals surface area contributed by atoms with E-state index in [-0.39, 0.29) is 13.2 Å². The molecule has 0 saturated carbocycles. The zero-order chi connectivity index (χ0) is 33.4. The van der Waals surface area contributed by atoms with Crippen LogP contribution >= 0.6 is 0 Å². The van der Waals surface area contributed by atoms with Crippen molar-refractivity contribution in [1.29, 1.82) is 0 Å². The fourth-order valence-corrected chi connectivity index (χ4v) is 2.69. The first kappa shape index (κ1) is 65.7. The van der Waals surface area contributed by atoms with E-state index in [1.54, 1.807) is 0 Å². The molecule has 238 valence electrons. The average molecular weight is 556 g/mol. The summed E-state index contributed by atoms with van der Waals surface area (Å²) in [5, 5.41) is 15.2. The second-order valence-corrected chi connectivity index (χ2v) is 6.54. The maximum atomic E-state index is 7.62. The molecular weight excluding hydrogens is 478 g/mol. The van der Waals surface area contributed by atoms with E-state index in [0.29, 0.717) is 0 Å². The number of unbranched alkanes of at least 4 members (excludes halogenated alkanes) is 15. The van der Waals surface area contributed by atoms with E-state index < -0.39 is 0 Å². The van der Waals surface area contributed by atoms with Gasteiger partial charge in [-0.05, 0) is 13.0 Å². The molecule has 0 bridgehead atoms. The van der Waals surface area contributed by atoms with Crippen LogP contribution in [0.1, 0.15) is 110 Å². The molecule has 0 aliphatic carbocycles. The fourth-order valence-electron chi connectivity index (χ4n) is 2.69. The molecule has 0 aromatic carbocycles. The average Bonchev–Trinajstić information content (AvgIpc) is 3.07. The largest absolute Gasteiger partial charge is 0.394 e. The summed E-state index contributed by atoms with van der Waals surface area (Å²) < 4.78 is 0. The topological polar surface area (TPSA) is 66.5 Å². The minimum absolute atomic E-state index is 0.125. The van der Waals surface area contributed by atoms with Crippen molar-refractivity contribution < 1.29 is 10.2 Å². The van der Waals surface area contributed by atoms with Crippen molar-refractivity contribution in [1.82, 2.24) is 0 Å². The van der Waals surface area contributed by atoms with E-state index in [0.717, 1.165) is 6.54 Å². The highest BCUT2D eigenvalue weighted by Crippen LogP contribution is 2.13. The number of hydrogen-bond donors (Lipinski definition) is 3. The first-order chi connectivity index (χ1) is 19.3. The maximum absolute atomic E-state index is 7.62. The minimum Gasteiger partial charge on any atom is -0.394 e. The first-order valence-corrected chi connectivity index (χ1v) is 14.2. The van der Waals surface area contributed by atoms with Gasteiger partial charge in [-0.3, -0.25) is 0 Å².